The Morgan fingerprint density at radius 2 is 2.12 bits per heavy atom. The van der Waals surface area contributed by atoms with Crippen molar-refractivity contribution in [2.24, 2.45) is 0 Å². The monoisotopic (exact) mass is 238 g/mol. The molecule has 1 amide bonds. The second kappa shape index (κ2) is 6.08. The van der Waals surface area contributed by atoms with Crippen molar-refractivity contribution in [3.8, 4) is 0 Å². The van der Waals surface area contributed by atoms with Gasteiger partial charge in [0, 0.05) is 18.4 Å². The predicted molar refractivity (Wildman–Crippen MR) is 63.9 cm³/mol. The molecule has 0 aromatic carbocycles. The minimum atomic E-state index is -0.384. The van der Waals surface area contributed by atoms with Crippen molar-refractivity contribution < 1.29 is 14.3 Å². The molecule has 17 heavy (non-hydrogen) atoms. The molecule has 94 valence electrons. The van der Waals surface area contributed by atoms with Crippen molar-refractivity contribution in [1.29, 1.82) is 0 Å². The fraction of sp³-hybridized carbons (Fsp3) is 0.500. The van der Waals surface area contributed by atoms with Crippen LogP contribution in [0.1, 0.15) is 35.5 Å². The van der Waals surface area contributed by atoms with E-state index in [0.717, 1.165) is 5.56 Å². The van der Waals surface area contributed by atoms with Gasteiger partial charge < -0.3 is 15.0 Å². The molecular formula is C12H18N2O3. The summed E-state index contributed by atoms with van der Waals surface area (Å²) >= 11 is 0. The number of rotatable bonds is 5. The molecule has 1 aromatic heterocycles. The largest absolute Gasteiger partial charge is 0.462 e. The molecule has 0 radical (unpaired) electrons. The minimum absolute atomic E-state index is 0.111. The molecule has 0 saturated heterocycles. The summed E-state index contributed by atoms with van der Waals surface area (Å²) in [6.45, 7) is 6.31. The molecule has 5 nitrogen and oxygen atoms in total. The van der Waals surface area contributed by atoms with Gasteiger partial charge in [0.05, 0.1) is 18.6 Å². The van der Waals surface area contributed by atoms with E-state index in [-0.39, 0.29) is 18.3 Å². The number of nitrogens with one attached hydrogen (secondary N) is 2. The van der Waals surface area contributed by atoms with E-state index >= 15 is 0 Å². The summed E-state index contributed by atoms with van der Waals surface area (Å²) in [5, 5.41) is 2.69. The zero-order chi connectivity index (χ0) is 12.8. The number of hydrogen-bond acceptors (Lipinski definition) is 3. The molecule has 1 heterocycles. The van der Waals surface area contributed by atoms with E-state index < -0.39 is 0 Å². The number of carbonyl (C=O) groups excluding carboxylic acids is 2. The maximum atomic E-state index is 11.7. The van der Waals surface area contributed by atoms with Gasteiger partial charge >= 0.3 is 5.97 Å². The van der Waals surface area contributed by atoms with Gasteiger partial charge in [-0.2, -0.15) is 0 Å². The zero-order valence-electron chi connectivity index (χ0n) is 10.4. The molecule has 0 saturated carbocycles. The number of esters is 1. The van der Waals surface area contributed by atoms with Crippen LogP contribution in [0.15, 0.2) is 6.20 Å². The number of carbonyl (C=O) groups is 2. The van der Waals surface area contributed by atoms with Crippen molar-refractivity contribution in [3.63, 3.8) is 0 Å². The fourth-order valence-corrected chi connectivity index (χ4v) is 1.62. The summed E-state index contributed by atoms with van der Waals surface area (Å²) in [4.78, 5) is 26.1. The summed E-state index contributed by atoms with van der Waals surface area (Å²) in [5.41, 5.74) is 1.87. The highest BCUT2D eigenvalue weighted by Gasteiger charge is 2.19. The van der Waals surface area contributed by atoms with Crippen molar-refractivity contribution in [2.45, 2.75) is 27.2 Å². The Labute approximate surface area is 101 Å². The van der Waals surface area contributed by atoms with Crippen LogP contribution < -0.4 is 5.32 Å². The van der Waals surface area contributed by atoms with Crippen molar-refractivity contribution in [1.82, 2.24) is 10.3 Å². The number of ether oxygens (including phenoxy) is 1. The summed E-state index contributed by atoms with van der Waals surface area (Å²) in [7, 11) is 0. The Balaban J connectivity index is 2.86. The highest BCUT2D eigenvalue weighted by atomic mass is 16.5. The molecule has 1 aromatic rings. The minimum Gasteiger partial charge on any atom is -0.462 e. The molecule has 0 atom stereocenters. The zero-order valence-corrected chi connectivity index (χ0v) is 10.4. The van der Waals surface area contributed by atoms with E-state index in [4.69, 9.17) is 4.74 Å². The third-order valence-corrected chi connectivity index (χ3v) is 2.35. The quantitative estimate of drug-likeness (QED) is 0.757. The van der Waals surface area contributed by atoms with Gasteiger partial charge in [-0.15, -0.1) is 0 Å². The molecule has 0 aliphatic rings. The molecule has 0 aliphatic carbocycles. The molecule has 0 unspecified atom stereocenters. The summed E-state index contributed by atoms with van der Waals surface area (Å²) in [6.07, 6.45) is 1.87. The normalized spacial score (nSPS) is 10.1. The molecule has 1 rings (SSSR count). The Morgan fingerprint density at radius 1 is 1.41 bits per heavy atom. The van der Waals surface area contributed by atoms with Gasteiger partial charge in [0.1, 0.15) is 0 Å². The molecule has 0 fully saturated rings. The number of H-pyrrole nitrogens is 1. The maximum Gasteiger partial charge on any atom is 0.340 e. The van der Waals surface area contributed by atoms with E-state index in [9.17, 15) is 9.59 Å². The number of likely N-dealkylation sites (N-methyl/N-ethyl adjacent to an activating group) is 1. The topological polar surface area (TPSA) is 71.2 Å². The lowest BCUT2D eigenvalue weighted by Crippen LogP contribution is -2.25. The third-order valence-electron chi connectivity index (χ3n) is 2.35. The van der Waals surface area contributed by atoms with Crippen molar-refractivity contribution in [2.75, 3.05) is 13.2 Å². The van der Waals surface area contributed by atoms with Crippen LogP contribution in [0, 0.1) is 6.92 Å². The Morgan fingerprint density at radius 3 is 2.71 bits per heavy atom. The predicted octanol–water partition coefficient (Wildman–Crippen LogP) is 1.18. The van der Waals surface area contributed by atoms with Crippen LogP contribution in [0.5, 0.6) is 0 Å². The lowest BCUT2D eigenvalue weighted by atomic mass is 10.1. The van der Waals surface area contributed by atoms with Crippen molar-refractivity contribution >= 4 is 11.9 Å². The second-order valence-electron chi connectivity index (χ2n) is 3.68. The Bertz CT molecular complexity index is 410. The van der Waals surface area contributed by atoms with Crippen LogP contribution in [-0.4, -0.2) is 30.0 Å². The number of hydrogen-bond donors (Lipinski definition) is 2. The maximum absolute atomic E-state index is 11.7. The third kappa shape index (κ3) is 3.34. The van der Waals surface area contributed by atoms with Gasteiger partial charge in [0.2, 0.25) is 5.91 Å². The highest BCUT2D eigenvalue weighted by molar-refractivity contribution is 5.94. The van der Waals surface area contributed by atoms with Gasteiger partial charge in [-0.1, -0.05) is 0 Å². The standard InChI is InChI=1S/C12H18N2O3/c1-4-13-10(15)6-9-11(8(3)7-14-9)12(16)17-5-2/h7,14H,4-6H2,1-3H3,(H,13,15). The van der Waals surface area contributed by atoms with Crippen LogP contribution in [0.2, 0.25) is 0 Å². The van der Waals surface area contributed by atoms with E-state index in [1.54, 1.807) is 13.1 Å². The van der Waals surface area contributed by atoms with Crippen LogP contribution in [0.3, 0.4) is 0 Å². The van der Waals surface area contributed by atoms with E-state index in [2.05, 4.69) is 10.3 Å². The number of aromatic amines is 1. The van der Waals surface area contributed by atoms with Gasteiger partial charge in [-0.05, 0) is 26.3 Å². The van der Waals surface area contributed by atoms with Crippen LogP contribution in [0.25, 0.3) is 0 Å². The number of aryl methyl sites for hydroxylation is 1. The summed E-state index contributed by atoms with van der Waals surface area (Å²) < 4.78 is 4.96. The first-order chi connectivity index (χ1) is 8.10. The first-order valence-electron chi connectivity index (χ1n) is 5.70. The average molecular weight is 238 g/mol. The van der Waals surface area contributed by atoms with Crippen LogP contribution in [-0.2, 0) is 16.0 Å². The van der Waals surface area contributed by atoms with Gasteiger partial charge in [0.15, 0.2) is 0 Å². The van der Waals surface area contributed by atoms with E-state index in [1.807, 2.05) is 13.8 Å². The van der Waals surface area contributed by atoms with Crippen molar-refractivity contribution in [3.05, 3.63) is 23.0 Å². The first kappa shape index (κ1) is 13.3. The molecule has 0 aliphatic heterocycles. The smallest absolute Gasteiger partial charge is 0.340 e. The molecule has 5 heteroatoms. The van der Waals surface area contributed by atoms with Crippen LogP contribution in [0.4, 0.5) is 0 Å². The molecule has 2 N–H and O–H groups in total. The number of amides is 1. The summed E-state index contributed by atoms with van der Waals surface area (Å²) in [5.74, 6) is -0.495. The lowest BCUT2D eigenvalue weighted by Gasteiger charge is -2.05. The molecule has 0 spiro atoms. The van der Waals surface area contributed by atoms with Gasteiger partial charge in [-0.3, -0.25) is 4.79 Å². The van der Waals surface area contributed by atoms with E-state index in [1.165, 1.54) is 0 Å². The number of aromatic nitrogens is 1. The van der Waals surface area contributed by atoms with E-state index in [0.29, 0.717) is 24.4 Å². The fourth-order valence-electron chi connectivity index (χ4n) is 1.62. The average Bonchev–Trinajstić information content (AvgIpc) is 2.60. The van der Waals surface area contributed by atoms with Gasteiger partial charge in [0.25, 0.3) is 0 Å². The van der Waals surface area contributed by atoms with Gasteiger partial charge in [-0.25, -0.2) is 4.79 Å². The van der Waals surface area contributed by atoms with Crippen LogP contribution >= 0.6 is 0 Å². The molecular weight excluding hydrogens is 220 g/mol. The molecule has 0 bridgehead atoms. The first-order valence-corrected chi connectivity index (χ1v) is 5.70. The SMILES string of the molecule is CCNC(=O)Cc1[nH]cc(C)c1C(=O)OCC. The summed E-state index contributed by atoms with van der Waals surface area (Å²) in [6, 6.07) is 0. The second-order valence-corrected chi connectivity index (χ2v) is 3.68. The highest BCUT2D eigenvalue weighted by Crippen LogP contribution is 2.15. The Hall–Kier alpha value is -1.78. The lowest BCUT2D eigenvalue weighted by molar-refractivity contribution is -0.120. The Kier molecular flexibility index (Phi) is 4.75.